The third kappa shape index (κ3) is 5.89. The molecule has 0 saturated heterocycles. The van der Waals surface area contributed by atoms with E-state index < -0.39 is 28.4 Å². The molecule has 2 aliphatic rings. The van der Waals surface area contributed by atoms with E-state index in [-0.39, 0.29) is 29.7 Å². The molecule has 0 aliphatic heterocycles. The van der Waals surface area contributed by atoms with Gasteiger partial charge in [0, 0.05) is 30.7 Å². The van der Waals surface area contributed by atoms with Crippen LogP contribution in [0.5, 0.6) is 0 Å². The molecule has 2 unspecified atom stereocenters. The molecule has 3 aromatic rings. The molecule has 9 nitrogen and oxygen atoms in total. The first-order valence-electron chi connectivity index (χ1n) is 12.3. The Balaban J connectivity index is 1.24. The van der Waals surface area contributed by atoms with Crippen LogP contribution in [-0.2, 0) is 21.0 Å². The summed E-state index contributed by atoms with van der Waals surface area (Å²) >= 11 is 0. The minimum Gasteiger partial charge on any atom is -0.364 e. The van der Waals surface area contributed by atoms with Crippen LogP contribution in [0.25, 0.3) is 0 Å². The van der Waals surface area contributed by atoms with E-state index >= 15 is 4.39 Å². The fourth-order valence-electron chi connectivity index (χ4n) is 5.30. The van der Waals surface area contributed by atoms with Gasteiger partial charge >= 0.3 is 10.3 Å². The number of benzene rings is 1. The number of nitrogens with zero attached hydrogens (tertiary/aromatic N) is 3. The number of ketones is 1. The highest BCUT2D eigenvalue weighted by Gasteiger charge is 2.42. The summed E-state index contributed by atoms with van der Waals surface area (Å²) < 4.78 is 44.0. The summed E-state index contributed by atoms with van der Waals surface area (Å²) in [7, 11) is -4.11. The first kappa shape index (κ1) is 25.5. The van der Waals surface area contributed by atoms with Crippen molar-refractivity contribution in [3.8, 4) is 0 Å². The molecular weight excluding hydrogens is 497 g/mol. The predicted molar refractivity (Wildman–Crippen MR) is 136 cm³/mol. The second-order valence-electron chi connectivity index (χ2n) is 10.1. The number of hydrogen-bond acceptors (Lipinski definition) is 7. The van der Waals surface area contributed by atoms with E-state index in [1.165, 1.54) is 18.1 Å². The quantitative estimate of drug-likeness (QED) is 0.387. The SMILES string of the molecule is C[C@@H]1[C@@H](COS(N)(=O)=O)C[C@@H](Nc2ncncc2C(=O)c2ccn(CC3CC3c3ccccc3)c2)[C@H]1F. The van der Waals surface area contributed by atoms with Crippen molar-refractivity contribution < 1.29 is 21.8 Å². The Bertz CT molecular complexity index is 1370. The van der Waals surface area contributed by atoms with Gasteiger partial charge in [0.2, 0.25) is 0 Å². The molecule has 37 heavy (non-hydrogen) atoms. The molecule has 2 saturated carbocycles. The lowest BCUT2D eigenvalue weighted by atomic mass is 9.99. The number of carbonyl (C=O) groups is 1. The van der Waals surface area contributed by atoms with Crippen LogP contribution in [0.4, 0.5) is 10.2 Å². The lowest BCUT2D eigenvalue weighted by molar-refractivity contribution is 0.103. The van der Waals surface area contributed by atoms with Crippen molar-refractivity contribution in [1.29, 1.82) is 0 Å². The summed E-state index contributed by atoms with van der Waals surface area (Å²) in [5, 5.41) is 7.96. The number of nitrogens with two attached hydrogens (primary N) is 1. The van der Waals surface area contributed by atoms with E-state index in [2.05, 4.69) is 43.7 Å². The largest absolute Gasteiger partial charge is 0.364 e. The first-order chi connectivity index (χ1) is 17.7. The van der Waals surface area contributed by atoms with Crippen LogP contribution in [0.2, 0.25) is 0 Å². The molecule has 196 valence electrons. The third-order valence-electron chi connectivity index (χ3n) is 7.52. The first-order valence-corrected chi connectivity index (χ1v) is 13.8. The zero-order valence-corrected chi connectivity index (χ0v) is 21.2. The van der Waals surface area contributed by atoms with Crippen molar-refractivity contribution in [3.05, 3.63) is 78.0 Å². The Morgan fingerprint density at radius 1 is 1.22 bits per heavy atom. The van der Waals surface area contributed by atoms with Crippen LogP contribution in [0.1, 0.15) is 47.2 Å². The molecule has 0 radical (unpaired) electrons. The second-order valence-corrected chi connectivity index (χ2v) is 11.3. The summed E-state index contributed by atoms with van der Waals surface area (Å²) in [5.41, 5.74) is 2.10. The standard InChI is InChI=1S/C26H30FN5O4S/c1-16-20(14-36-37(28,34)35)10-23(24(16)27)31-26-22(11-29-15-30-26)25(33)18-7-8-32(12-18)13-19-9-21(19)17-5-3-2-4-6-17/h2-8,11-12,15-16,19-21,23-24H,9-10,13-14H2,1H3,(H2,28,34,35)(H,29,30,31)/t16-,19?,20-,21?,23-,24+/m1/s1. The average Bonchev–Trinajstić information content (AvgIpc) is 3.40. The number of aromatic nitrogens is 3. The fraction of sp³-hybridized carbons (Fsp3) is 0.423. The van der Waals surface area contributed by atoms with Crippen LogP contribution in [0, 0.1) is 17.8 Å². The smallest absolute Gasteiger partial charge is 0.333 e. The minimum absolute atomic E-state index is 0.201. The van der Waals surface area contributed by atoms with Crippen molar-refractivity contribution in [2.24, 2.45) is 22.9 Å². The van der Waals surface area contributed by atoms with E-state index in [4.69, 9.17) is 5.14 Å². The van der Waals surface area contributed by atoms with Gasteiger partial charge in [-0.15, -0.1) is 0 Å². The molecule has 0 spiro atoms. The van der Waals surface area contributed by atoms with E-state index in [1.807, 2.05) is 23.0 Å². The van der Waals surface area contributed by atoms with E-state index in [0.29, 0.717) is 23.8 Å². The molecule has 0 amide bonds. The normalized spacial score (nSPS) is 27.2. The Labute approximate surface area is 215 Å². The molecule has 2 heterocycles. The van der Waals surface area contributed by atoms with Crippen molar-refractivity contribution in [2.75, 3.05) is 11.9 Å². The van der Waals surface area contributed by atoms with Gasteiger partial charge in [0.05, 0.1) is 18.2 Å². The van der Waals surface area contributed by atoms with Gasteiger partial charge in [-0.05, 0) is 48.1 Å². The van der Waals surface area contributed by atoms with Gasteiger partial charge in [-0.1, -0.05) is 37.3 Å². The summed E-state index contributed by atoms with van der Waals surface area (Å²) in [6.45, 7) is 2.32. The van der Waals surface area contributed by atoms with Gasteiger partial charge < -0.3 is 9.88 Å². The molecule has 11 heteroatoms. The van der Waals surface area contributed by atoms with E-state index in [1.54, 1.807) is 13.0 Å². The van der Waals surface area contributed by atoms with Gasteiger partial charge in [0.15, 0.2) is 5.78 Å². The number of halogens is 1. The maximum Gasteiger partial charge on any atom is 0.333 e. The third-order valence-corrected chi connectivity index (χ3v) is 7.99. The molecule has 2 aliphatic carbocycles. The van der Waals surface area contributed by atoms with E-state index in [9.17, 15) is 13.2 Å². The van der Waals surface area contributed by atoms with Crippen LogP contribution in [-0.4, -0.2) is 47.6 Å². The number of rotatable bonds is 10. The Hall–Kier alpha value is -3.15. The van der Waals surface area contributed by atoms with Gasteiger partial charge in [-0.25, -0.2) is 19.5 Å². The molecule has 5 rings (SSSR count). The topological polar surface area (TPSA) is 129 Å². The Kier molecular flexibility index (Phi) is 7.11. The van der Waals surface area contributed by atoms with Crippen molar-refractivity contribution in [2.45, 2.75) is 44.4 Å². The fourth-order valence-corrected chi connectivity index (χ4v) is 5.66. The molecule has 3 N–H and O–H groups in total. The highest BCUT2D eigenvalue weighted by molar-refractivity contribution is 7.84. The van der Waals surface area contributed by atoms with E-state index in [0.717, 1.165) is 13.0 Å². The highest BCUT2D eigenvalue weighted by Crippen LogP contribution is 2.48. The number of alkyl halides is 1. The van der Waals surface area contributed by atoms with Gasteiger partial charge in [-0.3, -0.25) is 8.98 Å². The van der Waals surface area contributed by atoms with Crippen molar-refractivity contribution in [1.82, 2.24) is 14.5 Å². The second kappa shape index (κ2) is 10.3. The summed E-state index contributed by atoms with van der Waals surface area (Å²) in [6, 6.07) is 11.5. The van der Waals surface area contributed by atoms with Crippen LogP contribution in [0.3, 0.4) is 0 Å². The Morgan fingerprint density at radius 3 is 2.76 bits per heavy atom. The van der Waals surface area contributed by atoms with Crippen molar-refractivity contribution in [3.63, 3.8) is 0 Å². The summed E-state index contributed by atoms with van der Waals surface area (Å²) in [4.78, 5) is 21.5. The maximum absolute atomic E-state index is 15.0. The molecule has 6 atom stereocenters. The molecule has 2 fully saturated rings. The van der Waals surface area contributed by atoms with Gasteiger partial charge in [0.1, 0.15) is 18.3 Å². The molecule has 0 bridgehead atoms. The zero-order valence-electron chi connectivity index (χ0n) is 20.4. The summed E-state index contributed by atoms with van der Waals surface area (Å²) in [5.74, 6) is 0.244. The average molecular weight is 528 g/mol. The number of hydrogen-bond donors (Lipinski definition) is 2. The monoisotopic (exact) mass is 527 g/mol. The lowest BCUT2D eigenvalue weighted by Gasteiger charge is -2.18. The predicted octanol–water partition coefficient (Wildman–Crippen LogP) is 3.31. The zero-order chi connectivity index (χ0) is 26.2. The minimum atomic E-state index is -4.11. The number of anilines is 1. The lowest BCUT2D eigenvalue weighted by Crippen LogP contribution is -2.29. The van der Waals surface area contributed by atoms with Gasteiger partial charge in [-0.2, -0.15) is 8.42 Å². The Morgan fingerprint density at radius 2 is 2.00 bits per heavy atom. The van der Waals surface area contributed by atoms with Gasteiger partial charge in [0.25, 0.3) is 0 Å². The molecule has 2 aromatic heterocycles. The maximum atomic E-state index is 15.0. The highest BCUT2D eigenvalue weighted by atomic mass is 32.2. The van der Waals surface area contributed by atoms with Crippen LogP contribution < -0.4 is 10.5 Å². The van der Waals surface area contributed by atoms with Crippen molar-refractivity contribution >= 4 is 21.9 Å². The summed E-state index contributed by atoms with van der Waals surface area (Å²) in [6.07, 6.45) is 6.59. The van der Waals surface area contributed by atoms with Crippen LogP contribution in [0.15, 0.2) is 61.3 Å². The molecule has 1 aromatic carbocycles. The van der Waals surface area contributed by atoms with Crippen LogP contribution >= 0.6 is 0 Å². The molecular formula is C26H30FN5O4S. The number of nitrogens with one attached hydrogen (secondary N) is 1. The number of carbonyl (C=O) groups excluding carboxylic acids is 1.